The zero-order valence-electron chi connectivity index (χ0n) is 5.00. The van der Waals surface area contributed by atoms with Gasteiger partial charge >= 0.3 is 0 Å². The zero-order chi connectivity index (χ0) is 6.69. The van der Waals surface area contributed by atoms with Gasteiger partial charge in [0.15, 0.2) is 0 Å². The Hall–Kier alpha value is -0.540. The number of hydrogen-bond acceptors (Lipinski definition) is 2. The summed E-state index contributed by atoms with van der Waals surface area (Å²) in [6.07, 6.45) is 3.35. The highest BCUT2D eigenvalue weighted by atomic mass is 35.5. The van der Waals surface area contributed by atoms with Gasteiger partial charge in [0.25, 0.3) is 0 Å². The van der Waals surface area contributed by atoms with E-state index in [0.717, 1.165) is 0 Å². The highest BCUT2D eigenvalue weighted by Gasteiger charge is 1.98. The summed E-state index contributed by atoms with van der Waals surface area (Å²) in [7, 11) is 0. The van der Waals surface area contributed by atoms with Crippen molar-refractivity contribution >= 4 is 29.3 Å². The molecule has 0 unspecified atom stereocenters. The Labute approximate surface area is 69.2 Å². The molecule has 1 rings (SSSR count). The van der Waals surface area contributed by atoms with Crippen LogP contribution < -0.4 is 0 Å². The lowest BCUT2D eigenvalue weighted by molar-refractivity contribution is -0.111. The molecule has 0 aromatic carbocycles. The summed E-state index contributed by atoms with van der Waals surface area (Å²) in [5.41, 5.74) is 0.676. The summed E-state index contributed by atoms with van der Waals surface area (Å²) in [6, 6.07) is 0. The number of aromatic amines is 1. The standard InChI is InChI=1S/C5H5ClN2O.ClH/c6-5(9)1-4-2-7-3-8-4;/h2-3H,1H2,(H,7,8);1H. The SMILES string of the molecule is Cl.O=C(Cl)Cc1c[nH]cn1. The lowest BCUT2D eigenvalue weighted by Crippen LogP contribution is -1.92. The van der Waals surface area contributed by atoms with Crippen molar-refractivity contribution in [1.82, 2.24) is 9.97 Å². The topological polar surface area (TPSA) is 45.8 Å². The monoisotopic (exact) mass is 180 g/mol. The third-order valence-electron chi connectivity index (χ3n) is 0.875. The van der Waals surface area contributed by atoms with E-state index < -0.39 is 0 Å². The number of aromatic nitrogens is 2. The van der Waals surface area contributed by atoms with Crippen LogP contribution in [0.2, 0.25) is 0 Å². The van der Waals surface area contributed by atoms with Gasteiger partial charge in [0.1, 0.15) is 0 Å². The summed E-state index contributed by atoms with van der Waals surface area (Å²) < 4.78 is 0. The largest absolute Gasteiger partial charge is 0.351 e. The highest BCUT2D eigenvalue weighted by molar-refractivity contribution is 6.63. The number of imidazole rings is 1. The number of nitrogens with one attached hydrogen (secondary N) is 1. The highest BCUT2D eigenvalue weighted by Crippen LogP contribution is 1.94. The van der Waals surface area contributed by atoms with Gasteiger partial charge in [0, 0.05) is 6.20 Å². The number of hydrogen-bond donors (Lipinski definition) is 1. The Morgan fingerprint density at radius 2 is 2.50 bits per heavy atom. The predicted molar refractivity (Wildman–Crippen MR) is 40.4 cm³/mol. The molecule has 0 bridgehead atoms. The van der Waals surface area contributed by atoms with E-state index in [1.165, 1.54) is 6.33 Å². The van der Waals surface area contributed by atoms with Gasteiger partial charge in [-0.05, 0) is 11.6 Å². The van der Waals surface area contributed by atoms with E-state index in [2.05, 4.69) is 9.97 Å². The van der Waals surface area contributed by atoms with Gasteiger partial charge in [-0.3, -0.25) is 4.79 Å². The molecule has 10 heavy (non-hydrogen) atoms. The van der Waals surface area contributed by atoms with E-state index in [4.69, 9.17) is 11.6 Å². The molecular weight excluding hydrogens is 175 g/mol. The second-order valence-corrected chi connectivity index (χ2v) is 2.01. The van der Waals surface area contributed by atoms with Crippen molar-refractivity contribution in [2.24, 2.45) is 0 Å². The maximum Gasteiger partial charge on any atom is 0.227 e. The van der Waals surface area contributed by atoms with Gasteiger partial charge in [0.2, 0.25) is 5.24 Å². The summed E-state index contributed by atoms with van der Waals surface area (Å²) >= 11 is 5.08. The average molecular weight is 181 g/mol. The van der Waals surface area contributed by atoms with Crippen LogP contribution >= 0.6 is 24.0 Å². The molecule has 0 aliphatic heterocycles. The number of H-pyrrole nitrogens is 1. The summed E-state index contributed by atoms with van der Waals surface area (Å²) in [5, 5.41) is -0.387. The second-order valence-electron chi connectivity index (χ2n) is 1.59. The van der Waals surface area contributed by atoms with Gasteiger partial charge in [-0.2, -0.15) is 0 Å². The fourth-order valence-electron chi connectivity index (χ4n) is 0.530. The second kappa shape index (κ2) is 4.30. The quantitative estimate of drug-likeness (QED) is 0.695. The van der Waals surface area contributed by atoms with E-state index >= 15 is 0 Å². The van der Waals surface area contributed by atoms with Gasteiger partial charge < -0.3 is 4.98 Å². The summed E-state index contributed by atoms with van der Waals surface area (Å²) in [5.74, 6) is 0. The first-order chi connectivity index (χ1) is 4.29. The average Bonchev–Trinajstić information content (AvgIpc) is 2.15. The summed E-state index contributed by atoms with van der Waals surface area (Å²) in [6.45, 7) is 0. The molecule has 0 amide bonds. The number of carbonyl (C=O) groups excluding carboxylic acids is 1. The van der Waals surface area contributed by atoms with Crippen LogP contribution in [-0.2, 0) is 11.2 Å². The first kappa shape index (κ1) is 9.46. The minimum Gasteiger partial charge on any atom is -0.351 e. The molecule has 0 aliphatic rings. The van der Waals surface area contributed by atoms with Crippen LogP contribution in [0.15, 0.2) is 12.5 Å². The van der Waals surface area contributed by atoms with E-state index in [9.17, 15) is 4.79 Å². The maximum absolute atomic E-state index is 10.2. The normalized spacial score (nSPS) is 8.50. The molecule has 3 nitrogen and oxygen atoms in total. The molecule has 5 heteroatoms. The van der Waals surface area contributed by atoms with Crippen LogP contribution in [0.4, 0.5) is 0 Å². The Morgan fingerprint density at radius 3 is 2.90 bits per heavy atom. The van der Waals surface area contributed by atoms with E-state index in [1.807, 2.05) is 0 Å². The lowest BCUT2D eigenvalue weighted by atomic mass is 10.4. The number of halogens is 2. The molecule has 0 radical (unpaired) electrons. The third-order valence-corrected chi connectivity index (χ3v) is 1.01. The van der Waals surface area contributed by atoms with Crippen molar-refractivity contribution in [2.75, 3.05) is 0 Å². The first-order valence-corrected chi connectivity index (χ1v) is 2.83. The molecule has 0 saturated heterocycles. The Morgan fingerprint density at radius 1 is 1.80 bits per heavy atom. The Bertz CT molecular complexity index is 197. The molecule has 0 spiro atoms. The molecular formula is C5H6Cl2N2O. The summed E-state index contributed by atoms with van der Waals surface area (Å²) in [4.78, 5) is 16.7. The van der Waals surface area contributed by atoms with Gasteiger partial charge in [-0.1, -0.05) is 0 Å². The molecule has 0 fully saturated rings. The van der Waals surface area contributed by atoms with Crippen LogP contribution in [-0.4, -0.2) is 15.2 Å². The van der Waals surface area contributed by atoms with Crippen molar-refractivity contribution in [3.8, 4) is 0 Å². The molecule has 1 heterocycles. The van der Waals surface area contributed by atoms with Crippen LogP contribution in [0.25, 0.3) is 0 Å². The first-order valence-electron chi connectivity index (χ1n) is 2.45. The van der Waals surface area contributed by atoms with Gasteiger partial charge in [0.05, 0.1) is 18.4 Å². The Kier molecular flexibility index (Phi) is 4.07. The zero-order valence-corrected chi connectivity index (χ0v) is 6.58. The van der Waals surface area contributed by atoms with Crippen molar-refractivity contribution in [3.63, 3.8) is 0 Å². The smallest absolute Gasteiger partial charge is 0.227 e. The predicted octanol–water partition coefficient (Wildman–Crippen LogP) is 1.14. The molecule has 1 N–H and O–H groups in total. The number of carbonyl (C=O) groups is 1. The van der Waals surface area contributed by atoms with Crippen molar-refractivity contribution in [2.45, 2.75) is 6.42 Å². The molecule has 0 atom stereocenters. The fraction of sp³-hybridized carbons (Fsp3) is 0.200. The lowest BCUT2D eigenvalue weighted by Gasteiger charge is -1.82. The maximum atomic E-state index is 10.2. The number of rotatable bonds is 2. The van der Waals surface area contributed by atoms with Crippen molar-refractivity contribution in [1.29, 1.82) is 0 Å². The minimum atomic E-state index is -0.387. The molecule has 0 aliphatic carbocycles. The van der Waals surface area contributed by atoms with Crippen molar-refractivity contribution < 1.29 is 4.79 Å². The van der Waals surface area contributed by atoms with Crippen LogP contribution in [0.5, 0.6) is 0 Å². The third kappa shape index (κ3) is 2.85. The molecule has 0 saturated carbocycles. The van der Waals surface area contributed by atoms with Gasteiger partial charge in [-0.25, -0.2) is 4.98 Å². The minimum absolute atomic E-state index is 0. The van der Waals surface area contributed by atoms with Crippen LogP contribution in [0, 0.1) is 0 Å². The Balaban J connectivity index is 0.000000810. The van der Waals surface area contributed by atoms with Crippen LogP contribution in [0.1, 0.15) is 5.69 Å². The van der Waals surface area contributed by atoms with E-state index in [-0.39, 0.29) is 24.1 Å². The van der Waals surface area contributed by atoms with Crippen molar-refractivity contribution in [3.05, 3.63) is 18.2 Å². The molecule has 1 aromatic rings. The molecule has 1 aromatic heterocycles. The van der Waals surface area contributed by atoms with Gasteiger partial charge in [-0.15, -0.1) is 12.4 Å². The molecule has 56 valence electrons. The number of nitrogens with zero attached hydrogens (tertiary/aromatic N) is 1. The fourth-order valence-corrected chi connectivity index (χ4v) is 0.667. The van der Waals surface area contributed by atoms with Crippen LogP contribution in [0.3, 0.4) is 0 Å². The van der Waals surface area contributed by atoms with E-state index in [0.29, 0.717) is 5.69 Å². The van der Waals surface area contributed by atoms with E-state index in [1.54, 1.807) is 6.20 Å².